The highest BCUT2D eigenvalue weighted by Gasteiger charge is 2.12. The zero-order valence-corrected chi connectivity index (χ0v) is 9.94. The lowest BCUT2D eigenvalue weighted by atomic mass is 9.87. The van der Waals surface area contributed by atoms with E-state index in [-0.39, 0.29) is 10.5 Å². The van der Waals surface area contributed by atoms with Gasteiger partial charge in [0.25, 0.3) is 0 Å². The van der Waals surface area contributed by atoms with Crippen molar-refractivity contribution in [3.8, 4) is 0 Å². The van der Waals surface area contributed by atoms with E-state index in [1.54, 1.807) is 6.92 Å². The summed E-state index contributed by atoms with van der Waals surface area (Å²) in [6, 6.07) is 8.19. The predicted molar refractivity (Wildman–Crippen MR) is 61.7 cm³/mol. The number of rotatable bonds is 1. The van der Waals surface area contributed by atoms with Gasteiger partial charge < -0.3 is 0 Å². The third kappa shape index (κ3) is 3.18. The molecule has 14 heavy (non-hydrogen) atoms. The van der Waals surface area contributed by atoms with Gasteiger partial charge in [0.2, 0.25) is 0 Å². The lowest BCUT2D eigenvalue weighted by molar-refractivity contribution is -0.109. The van der Waals surface area contributed by atoms with E-state index < -0.39 is 0 Å². The summed E-state index contributed by atoms with van der Waals surface area (Å²) in [5.41, 5.74) is 1.48. The average molecular weight is 208 g/mol. The standard InChI is InChI=1S/C12H16OS/c1-9(13)14-11-7-5-10(6-8-11)12(2,3)4/h5-8H,1-4H3. The Morgan fingerprint density at radius 1 is 1.14 bits per heavy atom. The van der Waals surface area contributed by atoms with Crippen molar-refractivity contribution in [2.24, 2.45) is 0 Å². The van der Waals surface area contributed by atoms with Gasteiger partial charge >= 0.3 is 0 Å². The van der Waals surface area contributed by atoms with Crippen molar-refractivity contribution in [2.45, 2.75) is 38.0 Å². The molecule has 76 valence electrons. The van der Waals surface area contributed by atoms with Gasteiger partial charge in [-0.25, -0.2) is 0 Å². The molecule has 1 rings (SSSR count). The van der Waals surface area contributed by atoms with Gasteiger partial charge in [0, 0.05) is 11.8 Å². The molecule has 0 saturated carbocycles. The summed E-state index contributed by atoms with van der Waals surface area (Å²) in [5.74, 6) is 0. The number of carbonyl (C=O) groups excluding carboxylic acids is 1. The Labute approximate surface area is 89.9 Å². The number of benzene rings is 1. The Morgan fingerprint density at radius 2 is 1.64 bits per heavy atom. The molecule has 0 atom stereocenters. The summed E-state index contributed by atoms with van der Waals surface area (Å²) in [5, 5.41) is 0.133. The van der Waals surface area contributed by atoms with Crippen LogP contribution in [0.5, 0.6) is 0 Å². The molecule has 0 amide bonds. The highest BCUT2D eigenvalue weighted by molar-refractivity contribution is 8.13. The molecule has 0 radical (unpaired) electrons. The maximum absolute atomic E-state index is 10.9. The molecule has 0 saturated heterocycles. The molecule has 0 unspecified atom stereocenters. The zero-order chi connectivity index (χ0) is 10.8. The molecular formula is C12H16OS. The Kier molecular flexibility index (Phi) is 3.38. The van der Waals surface area contributed by atoms with Crippen molar-refractivity contribution in [2.75, 3.05) is 0 Å². The van der Waals surface area contributed by atoms with E-state index in [1.165, 1.54) is 17.3 Å². The molecule has 0 aliphatic carbocycles. The van der Waals surface area contributed by atoms with Crippen molar-refractivity contribution < 1.29 is 4.79 Å². The summed E-state index contributed by atoms with van der Waals surface area (Å²) < 4.78 is 0. The molecule has 2 heteroatoms. The first-order valence-corrected chi connectivity index (χ1v) is 5.50. The lowest BCUT2D eigenvalue weighted by Gasteiger charge is -2.18. The van der Waals surface area contributed by atoms with Crippen LogP contribution in [0.1, 0.15) is 33.3 Å². The number of hydrogen-bond acceptors (Lipinski definition) is 2. The molecule has 0 aliphatic rings. The fraction of sp³-hybridized carbons (Fsp3) is 0.417. The normalized spacial score (nSPS) is 11.4. The van der Waals surface area contributed by atoms with Crippen molar-refractivity contribution in [3.05, 3.63) is 29.8 Å². The molecule has 1 nitrogen and oxygen atoms in total. The third-order valence-corrected chi connectivity index (χ3v) is 2.78. The zero-order valence-electron chi connectivity index (χ0n) is 9.13. The molecule has 0 aromatic heterocycles. The topological polar surface area (TPSA) is 17.1 Å². The monoisotopic (exact) mass is 208 g/mol. The first kappa shape index (κ1) is 11.3. The Balaban J connectivity index is 2.84. The lowest BCUT2D eigenvalue weighted by Crippen LogP contribution is -2.10. The van der Waals surface area contributed by atoms with Crippen LogP contribution in [0.15, 0.2) is 29.2 Å². The Morgan fingerprint density at radius 3 is 2.00 bits per heavy atom. The van der Waals surface area contributed by atoms with Gasteiger partial charge in [-0.1, -0.05) is 44.7 Å². The highest BCUT2D eigenvalue weighted by Crippen LogP contribution is 2.25. The fourth-order valence-electron chi connectivity index (χ4n) is 1.19. The van der Waals surface area contributed by atoms with Crippen LogP contribution >= 0.6 is 11.8 Å². The molecular weight excluding hydrogens is 192 g/mol. The van der Waals surface area contributed by atoms with E-state index >= 15 is 0 Å². The van der Waals surface area contributed by atoms with Gasteiger partial charge in [-0.2, -0.15) is 0 Å². The summed E-state index contributed by atoms with van der Waals surface area (Å²) in [4.78, 5) is 11.9. The smallest absolute Gasteiger partial charge is 0.190 e. The fourth-order valence-corrected chi connectivity index (χ4v) is 1.79. The highest BCUT2D eigenvalue weighted by atomic mass is 32.2. The minimum atomic E-state index is 0.133. The van der Waals surface area contributed by atoms with Gasteiger partial charge in [0.15, 0.2) is 5.12 Å². The van der Waals surface area contributed by atoms with Crippen LogP contribution in [0.25, 0.3) is 0 Å². The average Bonchev–Trinajstić information content (AvgIpc) is 2.02. The second-order valence-electron chi connectivity index (χ2n) is 4.37. The maximum Gasteiger partial charge on any atom is 0.190 e. The van der Waals surface area contributed by atoms with E-state index in [1.807, 2.05) is 12.1 Å². The molecule has 0 bridgehead atoms. The number of carbonyl (C=O) groups is 1. The van der Waals surface area contributed by atoms with Gasteiger partial charge in [-0.15, -0.1) is 0 Å². The molecule has 0 heterocycles. The van der Waals surface area contributed by atoms with Crippen LogP contribution in [0, 0.1) is 0 Å². The van der Waals surface area contributed by atoms with Crippen LogP contribution in [-0.2, 0) is 10.2 Å². The summed E-state index contributed by atoms with van der Waals surface area (Å²) in [7, 11) is 0. The first-order valence-electron chi connectivity index (χ1n) is 4.68. The van der Waals surface area contributed by atoms with Crippen LogP contribution in [0.4, 0.5) is 0 Å². The van der Waals surface area contributed by atoms with Crippen LogP contribution in [0.3, 0.4) is 0 Å². The largest absolute Gasteiger partial charge is 0.287 e. The van der Waals surface area contributed by atoms with Gasteiger partial charge in [0.05, 0.1) is 0 Å². The van der Waals surface area contributed by atoms with Crippen LogP contribution in [-0.4, -0.2) is 5.12 Å². The van der Waals surface area contributed by atoms with Gasteiger partial charge in [-0.05, 0) is 23.1 Å². The minimum Gasteiger partial charge on any atom is -0.287 e. The maximum atomic E-state index is 10.9. The molecule has 0 fully saturated rings. The summed E-state index contributed by atoms with van der Waals surface area (Å²) >= 11 is 1.28. The molecule has 0 spiro atoms. The van der Waals surface area contributed by atoms with Gasteiger partial charge in [-0.3, -0.25) is 4.79 Å². The Hall–Kier alpha value is -0.760. The third-order valence-electron chi connectivity index (χ3n) is 1.98. The quantitative estimate of drug-likeness (QED) is 0.656. The summed E-state index contributed by atoms with van der Waals surface area (Å²) in [6.45, 7) is 8.13. The number of hydrogen-bond donors (Lipinski definition) is 0. The number of thioether (sulfide) groups is 1. The van der Waals surface area contributed by atoms with Crippen molar-refractivity contribution in [1.29, 1.82) is 0 Å². The summed E-state index contributed by atoms with van der Waals surface area (Å²) in [6.07, 6.45) is 0. The van der Waals surface area contributed by atoms with E-state index in [0.717, 1.165) is 4.90 Å². The van der Waals surface area contributed by atoms with Crippen molar-refractivity contribution in [1.82, 2.24) is 0 Å². The van der Waals surface area contributed by atoms with Crippen molar-refractivity contribution >= 4 is 16.9 Å². The molecule has 1 aromatic carbocycles. The van der Waals surface area contributed by atoms with Crippen LogP contribution < -0.4 is 0 Å². The predicted octanol–water partition coefficient (Wildman–Crippen LogP) is 3.62. The van der Waals surface area contributed by atoms with E-state index in [2.05, 4.69) is 32.9 Å². The van der Waals surface area contributed by atoms with E-state index in [4.69, 9.17) is 0 Å². The minimum absolute atomic E-state index is 0.133. The Bertz CT molecular complexity index is 319. The molecule has 1 aromatic rings. The van der Waals surface area contributed by atoms with Crippen molar-refractivity contribution in [3.63, 3.8) is 0 Å². The van der Waals surface area contributed by atoms with E-state index in [9.17, 15) is 4.79 Å². The van der Waals surface area contributed by atoms with Gasteiger partial charge in [0.1, 0.15) is 0 Å². The molecule has 0 N–H and O–H groups in total. The van der Waals surface area contributed by atoms with Crippen LogP contribution in [0.2, 0.25) is 0 Å². The SMILES string of the molecule is CC(=O)Sc1ccc(C(C)(C)C)cc1. The second kappa shape index (κ2) is 4.18. The first-order chi connectivity index (χ1) is 6.39. The molecule has 0 aliphatic heterocycles. The van der Waals surface area contributed by atoms with E-state index in [0.29, 0.717) is 0 Å². The second-order valence-corrected chi connectivity index (χ2v) is 5.62.